The maximum absolute atomic E-state index is 6.18. The van der Waals surface area contributed by atoms with Crippen molar-refractivity contribution < 1.29 is 4.74 Å². The number of ether oxygens (including phenoxy) is 1. The van der Waals surface area contributed by atoms with Crippen molar-refractivity contribution in [3.05, 3.63) is 24.0 Å². The molecule has 114 valence electrons. The molecule has 0 unspecified atom stereocenters. The van der Waals surface area contributed by atoms with Gasteiger partial charge >= 0.3 is 0 Å². The lowest BCUT2D eigenvalue weighted by Crippen LogP contribution is -2.27. The van der Waals surface area contributed by atoms with E-state index in [0.717, 1.165) is 35.6 Å². The van der Waals surface area contributed by atoms with Crippen LogP contribution in [0, 0.1) is 0 Å². The molecule has 1 saturated carbocycles. The lowest BCUT2D eigenvalue weighted by atomic mass is 9.99. The summed E-state index contributed by atoms with van der Waals surface area (Å²) in [6.45, 7) is 5.17. The summed E-state index contributed by atoms with van der Waals surface area (Å²) < 4.78 is 8.22. The predicted molar refractivity (Wildman–Crippen MR) is 87.2 cm³/mol. The molecule has 0 saturated heterocycles. The minimum absolute atomic E-state index is 0.141. The summed E-state index contributed by atoms with van der Waals surface area (Å²) in [5.74, 6) is 2.28. The highest BCUT2D eigenvalue weighted by atomic mass is 35.5. The predicted octanol–water partition coefficient (Wildman–Crippen LogP) is 4.85. The SMILES string of the molecule is CCCOc1cccc2c1nc(CCl)n2C1(C)CCCC1. The molecule has 1 aromatic heterocycles. The van der Waals surface area contributed by atoms with Crippen molar-refractivity contribution in [2.45, 2.75) is 57.4 Å². The molecular weight excluding hydrogens is 284 g/mol. The zero-order valence-electron chi connectivity index (χ0n) is 12.9. The van der Waals surface area contributed by atoms with E-state index in [0.29, 0.717) is 5.88 Å². The van der Waals surface area contributed by atoms with Gasteiger partial charge in [0.05, 0.1) is 18.0 Å². The van der Waals surface area contributed by atoms with Gasteiger partial charge in [-0.1, -0.05) is 25.8 Å². The second-order valence-electron chi connectivity index (χ2n) is 6.17. The van der Waals surface area contributed by atoms with Gasteiger partial charge in [-0.15, -0.1) is 11.6 Å². The molecule has 1 heterocycles. The maximum Gasteiger partial charge on any atom is 0.147 e. The Kier molecular flexibility index (Phi) is 4.12. The van der Waals surface area contributed by atoms with Crippen molar-refractivity contribution in [2.24, 2.45) is 0 Å². The van der Waals surface area contributed by atoms with E-state index in [2.05, 4.69) is 30.5 Å². The summed E-state index contributed by atoms with van der Waals surface area (Å²) >= 11 is 6.18. The first-order valence-electron chi connectivity index (χ1n) is 7.89. The van der Waals surface area contributed by atoms with Gasteiger partial charge in [-0.2, -0.15) is 0 Å². The third-order valence-electron chi connectivity index (χ3n) is 4.52. The molecular formula is C17H23ClN2O. The van der Waals surface area contributed by atoms with Gasteiger partial charge in [-0.25, -0.2) is 4.98 Å². The monoisotopic (exact) mass is 306 g/mol. The fourth-order valence-corrected chi connectivity index (χ4v) is 3.68. The summed E-state index contributed by atoms with van der Waals surface area (Å²) in [4.78, 5) is 4.78. The van der Waals surface area contributed by atoms with Crippen molar-refractivity contribution in [2.75, 3.05) is 6.61 Å². The van der Waals surface area contributed by atoms with Gasteiger partial charge in [0.25, 0.3) is 0 Å². The Bertz CT molecular complexity index is 629. The molecule has 3 rings (SSSR count). The molecule has 0 amide bonds. The Balaban J connectivity index is 2.15. The summed E-state index contributed by atoms with van der Waals surface area (Å²) in [5, 5.41) is 0. The van der Waals surface area contributed by atoms with Crippen LogP contribution in [0.25, 0.3) is 11.0 Å². The number of rotatable bonds is 5. The summed E-state index contributed by atoms with van der Waals surface area (Å²) in [6, 6.07) is 6.20. The fourth-order valence-electron chi connectivity index (χ4n) is 3.50. The van der Waals surface area contributed by atoms with Crippen LogP contribution in [0.3, 0.4) is 0 Å². The molecule has 0 spiro atoms. The van der Waals surface area contributed by atoms with Crippen LogP contribution in [-0.4, -0.2) is 16.2 Å². The van der Waals surface area contributed by atoms with Gasteiger partial charge < -0.3 is 9.30 Å². The van der Waals surface area contributed by atoms with Crippen molar-refractivity contribution >= 4 is 22.6 Å². The van der Waals surface area contributed by atoms with Crippen molar-refractivity contribution in [1.29, 1.82) is 0 Å². The zero-order valence-corrected chi connectivity index (χ0v) is 13.6. The normalized spacial score (nSPS) is 17.5. The molecule has 4 heteroatoms. The molecule has 0 aliphatic heterocycles. The third-order valence-corrected chi connectivity index (χ3v) is 4.76. The highest BCUT2D eigenvalue weighted by Crippen LogP contribution is 2.40. The van der Waals surface area contributed by atoms with Crippen LogP contribution < -0.4 is 4.74 Å². The Morgan fingerprint density at radius 1 is 1.33 bits per heavy atom. The largest absolute Gasteiger partial charge is 0.491 e. The van der Waals surface area contributed by atoms with Crippen molar-refractivity contribution in [1.82, 2.24) is 9.55 Å². The molecule has 0 radical (unpaired) electrons. The summed E-state index contributed by atoms with van der Waals surface area (Å²) in [7, 11) is 0. The molecule has 0 bridgehead atoms. The first kappa shape index (κ1) is 14.7. The van der Waals surface area contributed by atoms with Crippen molar-refractivity contribution in [3.63, 3.8) is 0 Å². The number of imidazole rings is 1. The maximum atomic E-state index is 6.18. The lowest BCUT2D eigenvalue weighted by molar-refractivity contribution is 0.320. The average molecular weight is 307 g/mol. The highest BCUT2D eigenvalue weighted by Gasteiger charge is 2.34. The lowest BCUT2D eigenvalue weighted by Gasteiger charge is -2.28. The number of aromatic nitrogens is 2. The molecule has 3 nitrogen and oxygen atoms in total. The first-order chi connectivity index (χ1) is 10.2. The standard InChI is InChI=1S/C17H23ClN2O/c1-3-11-21-14-8-6-7-13-16(14)19-15(12-18)20(13)17(2)9-4-5-10-17/h6-8H,3-5,9-12H2,1-2H3. The topological polar surface area (TPSA) is 27.1 Å². The van der Waals surface area contributed by atoms with Gasteiger partial charge in [0.15, 0.2) is 0 Å². The zero-order chi connectivity index (χ0) is 14.9. The molecule has 1 fully saturated rings. The molecule has 1 aromatic carbocycles. The second kappa shape index (κ2) is 5.88. The number of halogens is 1. The van der Waals surface area contributed by atoms with E-state index in [1.807, 2.05) is 6.07 Å². The number of hydrogen-bond acceptors (Lipinski definition) is 2. The van der Waals surface area contributed by atoms with E-state index in [1.54, 1.807) is 0 Å². The molecule has 1 aliphatic carbocycles. The molecule has 0 atom stereocenters. The average Bonchev–Trinajstić information content (AvgIpc) is 3.09. The van der Waals surface area contributed by atoms with E-state index in [9.17, 15) is 0 Å². The second-order valence-corrected chi connectivity index (χ2v) is 6.44. The van der Waals surface area contributed by atoms with Gasteiger partial charge in [0.2, 0.25) is 0 Å². The fraction of sp³-hybridized carbons (Fsp3) is 0.588. The van der Waals surface area contributed by atoms with Gasteiger partial charge in [0, 0.05) is 5.54 Å². The Morgan fingerprint density at radius 2 is 2.10 bits per heavy atom. The molecule has 1 aliphatic rings. The number of fused-ring (bicyclic) bond motifs is 1. The van der Waals surface area contributed by atoms with E-state index >= 15 is 0 Å². The number of nitrogens with zero attached hydrogens (tertiary/aromatic N) is 2. The van der Waals surface area contributed by atoms with Crippen molar-refractivity contribution in [3.8, 4) is 5.75 Å². The molecule has 2 aromatic rings. The number of alkyl halides is 1. The van der Waals surface area contributed by atoms with Crippen LogP contribution in [0.4, 0.5) is 0 Å². The quantitative estimate of drug-likeness (QED) is 0.738. The van der Waals surface area contributed by atoms with E-state index in [4.69, 9.17) is 21.3 Å². The summed E-state index contributed by atoms with van der Waals surface area (Å²) in [5.41, 5.74) is 2.25. The molecule has 21 heavy (non-hydrogen) atoms. The van der Waals surface area contributed by atoms with E-state index in [-0.39, 0.29) is 5.54 Å². The van der Waals surface area contributed by atoms with E-state index < -0.39 is 0 Å². The molecule has 0 N–H and O–H groups in total. The Morgan fingerprint density at radius 3 is 2.76 bits per heavy atom. The van der Waals surface area contributed by atoms with Crippen LogP contribution >= 0.6 is 11.6 Å². The minimum atomic E-state index is 0.141. The van der Waals surface area contributed by atoms with Crippen LogP contribution in [0.1, 0.15) is 51.8 Å². The van der Waals surface area contributed by atoms with Crippen LogP contribution in [0.5, 0.6) is 5.75 Å². The van der Waals surface area contributed by atoms with E-state index in [1.165, 1.54) is 25.7 Å². The Labute approximate surface area is 131 Å². The third kappa shape index (κ3) is 2.52. The highest BCUT2D eigenvalue weighted by molar-refractivity contribution is 6.16. The summed E-state index contributed by atoms with van der Waals surface area (Å²) in [6.07, 6.45) is 5.95. The number of benzene rings is 1. The van der Waals surface area contributed by atoms with Crippen LogP contribution in [0.15, 0.2) is 18.2 Å². The Hall–Kier alpha value is -1.22. The van der Waals surface area contributed by atoms with Crippen LogP contribution in [-0.2, 0) is 11.4 Å². The number of para-hydroxylation sites is 1. The van der Waals surface area contributed by atoms with Crippen LogP contribution in [0.2, 0.25) is 0 Å². The van der Waals surface area contributed by atoms with Gasteiger partial charge in [0.1, 0.15) is 17.1 Å². The first-order valence-corrected chi connectivity index (χ1v) is 8.42. The minimum Gasteiger partial charge on any atom is -0.491 e. The van der Waals surface area contributed by atoms with Gasteiger partial charge in [-0.05, 0) is 38.3 Å². The smallest absolute Gasteiger partial charge is 0.147 e. The number of hydrogen-bond donors (Lipinski definition) is 0. The van der Waals surface area contributed by atoms with Gasteiger partial charge in [-0.3, -0.25) is 0 Å².